The number of aromatic nitrogens is 2. The van der Waals surface area contributed by atoms with Crippen molar-refractivity contribution in [2.24, 2.45) is 0 Å². The number of methoxy groups -OCH3 is 1. The third-order valence-electron chi connectivity index (χ3n) is 6.27. The molecule has 0 fully saturated rings. The van der Waals surface area contributed by atoms with Gasteiger partial charge in [-0.3, -0.25) is 4.79 Å². The first-order valence-electron chi connectivity index (χ1n) is 12.6. The number of hydrogen-bond acceptors (Lipinski definition) is 4. The van der Waals surface area contributed by atoms with Crippen molar-refractivity contribution < 1.29 is 14.3 Å². The maximum Gasteiger partial charge on any atom is 0.224 e. The Labute approximate surface area is 213 Å². The third-order valence-corrected chi connectivity index (χ3v) is 6.27. The third kappa shape index (κ3) is 6.45. The first-order valence-corrected chi connectivity index (χ1v) is 12.6. The summed E-state index contributed by atoms with van der Waals surface area (Å²) in [4.78, 5) is 17.2. The lowest BCUT2D eigenvalue weighted by Gasteiger charge is -2.15. The minimum Gasteiger partial charge on any atom is -0.497 e. The molecular weight excluding hydrogens is 450 g/mol. The normalized spacial score (nSPS) is 11.1. The Morgan fingerprint density at radius 1 is 1.00 bits per heavy atom. The molecule has 0 unspecified atom stereocenters. The fraction of sp³-hybridized carbons (Fsp3) is 0.333. The zero-order valence-electron chi connectivity index (χ0n) is 21.4. The van der Waals surface area contributed by atoms with E-state index in [9.17, 15) is 4.79 Å². The van der Waals surface area contributed by atoms with Gasteiger partial charge in [0.15, 0.2) is 0 Å². The van der Waals surface area contributed by atoms with Crippen LogP contribution in [0, 0.1) is 0 Å². The Bertz CT molecular complexity index is 1280. The van der Waals surface area contributed by atoms with E-state index >= 15 is 0 Å². The van der Waals surface area contributed by atoms with Crippen LogP contribution in [-0.2, 0) is 24.2 Å². The van der Waals surface area contributed by atoms with Gasteiger partial charge >= 0.3 is 0 Å². The van der Waals surface area contributed by atoms with Crippen molar-refractivity contribution in [3.05, 3.63) is 89.7 Å². The Balaban J connectivity index is 1.33. The number of imidazole rings is 1. The average Bonchev–Trinajstić information content (AvgIpc) is 3.24. The van der Waals surface area contributed by atoms with Gasteiger partial charge in [0.05, 0.1) is 31.1 Å². The van der Waals surface area contributed by atoms with Gasteiger partial charge in [0.2, 0.25) is 5.91 Å². The standard InChI is InChI=1S/C30H35N3O3/c1-22(2)25-9-4-7-12-28(25)36-20-19-33-27-11-6-5-10-26(27)32-29(33)13-8-18-31-30(34)21-23-14-16-24(35-3)17-15-23/h4-7,9-12,14-17,22H,8,13,18-21H2,1-3H3,(H,31,34). The van der Waals surface area contributed by atoms with E-state index in [1.54, 1.807) is 7.11 Å². The zero-order chi connectivity index (χ0) is 25.3. The van der Waals surface area contributed by atoms with Crippen molar-refractivity contribution in [3.8, 4) is 11.5 Å². The number of benzene rings is 3. The van der Waals surface area contributed by atoms with Gasteiger partial charge in [-0.15, -0.1) is 0 Å². The minimum absolute atomic E-state index is 0.0193. The molecular formula is C30H35N3O3. The summed E-state index contributed by atoms with van der Waals surface area (Å²) in [5, 5.41) is 3.03. The second-order valence-electron chi connectivity index (χ2n) is 9.19. The van der Waals surface area contributed by atoms with Gasteiger partial charge in [0.25, 0.3) is 0 Å². The first-order chi connectivity index (χ1) is 17.5. The fourth-order valence-electron chi connectivity index (χ4n) is 4.37. The van der Waals surface area contributed by atoms with E-state index in [4.69, 9.17) is 14.5 Å². The number of nitrogens with zero attached hydrogens (tertiary/aromatic N) is 2. The van der Waals surface area contributed by atoms with Gasteiger partial charge in [0, 0.05) is 13.0 Å². The van der Waals surface area contributed by atoms with E-state index in [2.05, 4.69) is 41.9 Å². The molecule has 1 heterocycles. The number of carbonyl (C=O) groups is 1. The second kappa shape index (κ2) is 12.2. The van der Waals surface area contributed by atoms with Crippen molar-refractivity contribution in [1.29, 1.82) is 0 Å². The minimum atomic E-state index is 0.0193. The molecule has 6 nitrogen and oxygen atoms in total. The van der Waals surface area contributed by atoms with Crippen molar-refractivity contribution >= 4 is 16.9 Å². The smallest absolute Gasteiger partial charge is 0.224 e. The quantitative estimate of drug-likeness (QED) is 0.268. The van der Waals surface area contributed by atoms with Gasteiger partial charge in [-0.2, -0.15) is 0 Å². The summed E-state index contributed by atoms with van der Waals surface area (Å²) in [6, 6.07) is 24.0. The van der Waals surface area contributed by atoms with Crippen LogP contribution in [0.4, 0.5) is 0 Å². The van der Waals surface area contributed by atoms with Crippen LogP contribution in [-0.4, -0.2) is 35.7 Å². The number of fused-ring (bicyclic) bond motifs is 1. The van der Waals surface area contributed by atoms with Crippen molar-refractivity contribution in [2.45, 2.75) is 45.6 Å². The zero-order valence-corrected chi connectivity index (χ0v) is 21.4. The second-order valence-corrected chi connectivity index (χ2v) is 9.19. The highest BCUT2D eigenvalue weighted by molar-refractivity contribution is 5.78. The predicted molar refractivity (Wildman–Crippen MR) is 144 cm³/mol. The molecule has 1 amide bonds. The largest absolute Gasteiger partial charge is 0.497 e. The van der Waals surface area contributed by atoms with E-state index in [-0.39, 0.29) is 5.91 Å². The van der Waals surface area contributed by atoms with E-state index in [0.717, 1.165) is 46.8 Å². The molecule has 1 N–H and O–H groups in total. The average molecular weight is 486 g/mol. The summed E-state index contributed by atoms with van der Waals surface area (Å²) in [6.07, 6.45) is 1.95. The molecule has 36 heavy (non-hydrogen) atoms. The van der Waals surface area contributed by atoms with Crippen LogP contribution in [0.2, 0.25) is 0 Å². The highest BCUT2D eigenvalue weighted by atomic mass is 16.5. The van der Waals surface area contributed by atoms with Crippen LogP contribution in [0.1, 0.15) is 43.1 Å². The Morgan fingerprint density at radius 2 is 1.75 bits per heavy atom. The van der Waals surface area contributed by atoms with Crippen LogP contribution in [0.5, 0.6) is 11.5 Å². The molecule has 0 saturated carbocycles. The van der Waals surface area contributed by atoms with Crippen LogP contribution >= 0.6 is 0 Å². The molecule has 0 spiro atoms. The van der Waals surface area contributed by atoms with Crippen molar-refractivity contribution in [1.82, 2.24) is 14.9 Å². The molecule has 0 radical (unpaired) electrons. The number of aryl methyl sites for hydroxylation is 1. The highest BCUT2D eigenvalue weighted by Gasteiger charge is 2.12. The number of ether oxygens (including phenoxy) is 2. The molecule has 4 rings (SSSR count). The molecule has 0 aliphatic carbocycles. The fourth-order valence-corrected chi connectivity index (χ4v) is 4.37. The summed E-state index contributed by atoms with van der Waals surface area (Å²) in [5.74, 6) is 3.17. The molecule has 0 aliphatic heterocycles. The Morgan fingerprint density at radius 3 is 2.53 bits per heavy atom. The highest BCUT2D eigenvalue weighted by Crippen LogP contribution is 2.26. The van der Waals surface area contributed by atoms with Gasteiger partial charge in [0.1, 0.15) is 23.9 Å². The van der Waals surface area contributed by atoms with Crippen molar-refractivity contribution in [3.63, 3.8) is 0 Å². The molecule has 1 aromatic heterocycles. The van der Waals surface area contributed by atoms with Crippen LogP contribution in [0.25, 0.3) is 11.0 Å². The van der Waals surface area contributed by atoms with Gasteiger partial charge in [-0.1, -0.05) is 56.3 Å². The Hall–Kier alpha value is -3.80. The maximum atomic E-state index is 12.4. The van der Waals surface area contributed by atoms with Gasteiger partial charge in [-0.25, -0.2) is 4.98 Å². The summed E-state index contributed by atoms with van der Waals surface area (Å²) in [7, 11) is 1.63. The summed E-state index contributed by atoms with van der Waals surface area (Å²) in [6.45, 7) is 6.25. The molecule has 0 saturated heterocycles. The molecule has 0 atom stereocenters. The van der Waals surface area contributed by atoms with Gasteiger partial charge in [-0.05, 0) is 53.8 Å². The number of para-hydroxylation sites is 3. The number of rotatable bonds is 12. The lowest BCUT2D eigenvalue weighted by molar-refractivity contribution is -0.120. The Kier molecular flexibility index (Phi) is 8.61. The molecule has 3 aromatic carbocycles. The van der Waals surface area contributed by atoms with Crippen molar-refractivity contribution in [2.75, 3.05) is 20.3 Å². The number of nitrogens with one attached hydrogen (secondary N) is 1. The predicted octanol–water partition coefficient (Wildman–Crippen LogP) is 5.54. The number of amides is 1. The molecule has 6 heteroatoms. The monoisotopic (exact) mass is 485 g/mol. The molecule has 0 aliphatic rings. The van der Waals surface area contributed by atoms with E-state index in [1.165, 1.54) is 5.56 Å². The first kappa shape index (κ1) is 25.3. The van der Waals surface area contributed by atoms with Crippen LogP contribution in [0.3, 0.4) is 0 Å². The lowest BCUT2D eigenvalue weighted by atomic mass is 10.0. The topological polar surface area (TPSA) is 65.4 Å². The van der Waals surface area contributed by atoms with E-state index < -0.39 is 0 Å². The van der Waals surface area contributed by atoms with Crippen LogP contribution < -0.4 is 14.8 Å². The summed E-state index contributed by atoms with van der Waals surface area (Å²) < 4.78 is 13.6. The summed E-state index contributed by atoms with van der Waals surface area (Å²) >= 11 is 0. The van der Waals surface area contributed by atoms with Crippen LogP contribution in [0.15, 0.2) is 72.8 Å². The van der Waals surface area contributed by atoms with E-state index in [1.807, 2.05) is 54.6 Å². The number of carbonyl (C=O) groups excluding carboxylic acids is 1. The van der Waals surface area contributed by atoms with E-state index in [0.29, 0.717) is 32.0 Å². The molecule has 4 aromatic rings. The maximum absolute atomic E-state index is 12.4. The summed E-state index contributed by atoms with van der Waals surface area (Å²) in [5.41, 5.74) is 4.28. The number of hydrogen-bond donors (Lipinski definition) is 1. The molecule has 188 valence electrons. The SMILES string of the molecule is COc1ccc(CC(=O)NCCCc2nc3ccccc3n2CCOc2ccccc2C(C)C)cc1. The lowest BCUT2D eigenvalue weighted by Crippen LogP contribution is -2.26. The van der Waals surface area contributed by atoms with Gasteiger partial charge < -0.3 is 19.4 Å². The molecule has 0 bridgehead atoms.